The number of benzene rings is 1. The largest absolute Gasteiger partial charge is 0.395 e. The third-order valence-corrected chi connectivity index (χ3v) is 4.88. The molecule has 0 aliphatic rings. The summed E-state index contributed by atoms with van der Waals surface area (Å²) in [6, 6.07) is 1.53. The van der Waals surface area contributed by atoms with Gasteiger partial charge in [0.25, 0.3) is 0 Å². The van der Waals surface area contributed by atoms with Gasteiger partial charge in [-0.2, -0.15) is 8.70 Å². The minimum atomic E-state index is -4.01. The lowest BCUT2D eigenvalue weighted by molar-refractivity contribution is -0.387. The number of aliphatic hydroxyl groups is 1. The lowest BCUT2D eigenvalue weighted by atomic mass is 10.2. The van der Waals surface area contributed by atoms with E-state index in [1.807, 2.05) is 0 Å². The molecule has 0 saturated heterocycles. The van der Waals surface area contributed by atoms with E-state index >= 15 is 0 Å². The number of sulfonamides is 1. The van der Waals surface area contributed by atoms with Gasteiger partial charge in [0.1, 0.15) is 0 Å². The molecule has 0 aromatic heterocycles. The van der Waals surface area contributed by atoms with Gasteiger partial charge in [-0.25, -0.2) is 8.42 Å². The first-order valence-corrected chi connectivity index (χ1v) is 7.25. The van der Waals surface area contributed by atoms with Crippen molar-refractivity contribution in [3.05, 3.63) is 33.6 Å². The molecule has 1 aromatic carbocycles. The topological polar surface area (TPSA) is 101 Å². The molecule has 0 spiro atoms. The number of rotatable bonds is 6. The number of nitro benzene ring substituents is 1. The van der Waals surface area contributed by atoms with E-state index in [-0.39, 0.29) is 30.2 Å². The van der Waals surface area contributed by atoms with Gasteiger partial charge < -0.3 is 5.11 Å². The summed E-state index contributed by atoms with van der Waals surface area (Å²) in [5.41, 5.74) is -0.821. The summed E-state index contributed by atoms with van der Waals surface area (Å²) in [6.07, 6.45) is 0. The third kappa shape index (κ3) is 3.11. The van der Waals surface area contributed by atoms with E-state index in [0.717, 1.165) is 10.4 Å². The van der Waals surface area contributed by atoms with E-state index in [0.29, 0.717) is 6.07 Å². The van der Waals surface area contributed by atoms with Crippen LogP contribution >= 0.6 is 0 Å². The Morgan fingerprint density at radius 1 is 1.45 bits per heavy atom. The molecule has 0 fully saturated rings. The van der Waals surface area contributed by atoms with Crippen molar-refractivity contribution >= 4 is 15.7 Å². The molecule has 1 N–H and O–H groups in total. The molecular weight excluding hydrogens is 291 g/mol. The third-order valence-electron chi connectivity index (χ3n) is 2.76. The van der Waals surface area contributed by atoms with Crippen molar-refractivity contribution in [3.63, 3.8) is 0 Å². The van der Waals surface area contributed by atoms with Crippen molar-refractivity contribution in [3.8, 4) is 0 Å². The van der Waals surface area contributed by atoms with E-state index in [1.54, 1.807) is 6.92 Å². The van der Waals surface area contributed by atoms with Gasteiger partial charge in [0.2, 0.25) is 15.8 Å². The molecule has 0 bridgehead atoms. The zero-order valence-electron chi connectivity index (χ0n) is 11.0. The molecule has 0 unspecified atom stereocenters. The van der Waals surface area contributed by atoms with Crippen molar-refractivity contribution in [1.82, 2.24) is 4.31 Å². The SMILES string of the molecule is CCN(CCO)S(=O)(=O)c1cc([N+](=O)[O-])c(F)cc1C. The molecule has 112 valence electrons. The first-order valence-electron chi connectivity index (χ1n) is 5.81. The fourth-order valence-electron chi connectivity index (χ4n) is 1.76. The molecule has 1 rings (SSSR count). The number of likely N-dealkylation sites (N-methyl/N-ethyl adjacent to an activating group) is 1. The molecule has 0 aliphatic carbocycles. The summed E-state index contributed by atoms with van der Waals surface area (Å²) in [4.78, 5) is 9.39. The second-order valence-electron chi connectivity index (χ2n) is 4.05. The fourth-order valence-corrected chi connectivity index (χ4v) is 3.43. The van der Waals surface area contributed by atoms with E-state index in [1.165, 1.54) is 6.92 Å². The highest BCUT2D eigenvalue weighted by molar-refractivity contribution is 7.89. The highest BCUT2D eigenvalue weighted by Gasteiger charge is 2.28. The minimum Gasteiger partial charge on any atom is -0.395 e. The molecular formula is C11H15FN2O5S. The number of halogens is 1. The van der Waals surface area contributed by atoms with Gasteiger partial charge in [-0.15, -0.1) is 0 Å². The maximum atomic E-state index is 13.4. The van der Waals surface area contributed by atoms with E-state index < -0.39 is 26.5 Å². The second-order valence-corrected chi connectivity index (χ2v) is 5.95. The number of aliphatic hydroxyl groups excluding tert-OH is 1. The van der Waals surface area contributed by atoms with Crippen molar-refractivity contribution in [1.29, 1.82) is 0 Å². The molecule has 0 heterocycles. The lowest BCUT2D eigenvalue weighted by Crippen LogP contribution is -2.33. The van der Waals surface area contributed by atoms with Gasteiger partial charge in [0, 0.05) is 19.2 Å². The normalized spacial score (nSPS) is 11.8. The Bertz CT molecular complexity index is 617. The van der Waals surface area contributed by atoms with Crippen LogP contribution < -0.4 is 0 Å². The van der Waals surface area contributed by atoms with Crippen LogP contribution in [0.5, 0.6) is 0 Å². The van der Waals surface area contributed by atoms with Gasteiger partial charge in [-0.05, 0) is 18.6 Å². The second kappa shape index (κ2) is 6.25. The summed E-state index contributed by atoms with van der Waals surface area (Å²) < 4.78 is 39.0. The number of aryl methyl sites for hydroxylation is 1. The number of nitro groups is 1. The summed E-state index contributed by atoms with van der Waals surface area (Å²) in [5, 5.41) is 19.6. The fraction of sp³-hybridized carbons (Fsp3) is 0.455. The van der Waals surface area contributed by atoms with E-state index in [4.69, 9.17) is 5.11 Å². The van der Waals surface area contributed by atoms with Crippen LogP contribution in [-0.2, 0) is 10.0 Å². The number of hydrogen-bond acceptors (Lipinski definition) is 5. The molecule has 7 nitrogen and oxygen atoms in total. The number of hydrogen-bond donors (Lipinski definition) is 1. The van der Waals surface area contributed by atoms with Crippen LogP contribution in [-0.4, -0.2) is 42.4 Å². The quantitative estimate of drug-likeness (QED) is 0.625. The smallest absolute Gasteiger partial charge is 0.306 e. The summed E-state index contributed by atoms with van der Waals surface area (Å²) in [7, 11) is -4.01. The first kappa shape index (κ1) is 16.5. The summed E-state index contributed by atoms with van der Waals surface area (Å²) in [5.74, 6) is -1.09. The lowest BCUT2D eigenvalue weighted by Gasteiger charge is -2.20. The van der Waals surface area contributed by atoms with E-state index in [9.17, 15) is 22.9 Å². The minimum absolute atomic E-state index is 0.0736. The monoisotopic (exact) mass is 306 g/mol. The van der Waals surface area contributed by atoms with Gasteiger partial charge in [-0.3, -0.25) is 10.1 Å². The van der Waals surface area contributed by atoms with Gasteiger partial charge in [-0.1, -0.05) is 6.92 Å². The van der Waals surface area contributed by atoms with Crippen LogP contribution in [0.4, 0.5) is 10.1 Å². The number of nitrogens with zero attached hydrogens (tertiary/aromatic N) is 2. The maximum absolute atomic E-state index is 13.4. The van der Waals surface area contributed by atoms with Crippen LogP contribution in [0.3, 0.4) is 0 Å². The van der Waals surface area contributed by atoms with Crippen LogP contribution in [0, 0.1) is 22.9 Å². The molecule has 0 saturated carbocycles. The van der Waals surface area contributed by atoms with Gasteiger partial charge in [0.05, 0.1) is 16.4 Å². The van der Waals surface area contributed by atoms with Crippen molar-refractivity contribution in [2.75, 3.05) is 19.7 Å². The molecule has 0 radical (unpaired) electrons. The molecule has 1 aromatic rings. The zero-order chi connectivity index (χ0) is 15.5. The highest BCUT2D eigenvalue weighted by Crippen LogP contribution is 2.27. The average Bonchev–Trinajstić information content (AvgIpc) is 2.34. The Balaban J connectivity index is 3.45. The predicted molar refractivity (Wildman–Crippen MR) is 69.3 cm³/mol. The Hall–Kier alpha value is -1.58. The van der Waals surface area contributed by atoms with Gasteiger partial charge in [0.15, 0.2) is 0 Å². The van der Waals surface area contributed by atoms with Gasteiger partial charge >= 0.3 is 5.69 Å². The van der Waals surface area contributed by atoms with Crippen LogP contribution in [0.15, 0.2) is 17.0 Å². The molecule has 9 heteroatoms. The Labute approximate surface area is 115 Å². The Morgan fingerprint density at radius 2 is 2.05 bits per heavy atom. The summed E-state index contributed by atoms with van der Waals surface area (Å²) in [6.45, 7) is 2.50. The Morgan fingerprint density at radius 3 is 2.50 bits per heavy atom. The van der Waals surface area contributed by atoms with Crippen molar-refractivity contribution < 1.29 is 22.8 Å². The Kier molecular flexibility index (Phi) is 5.15. The van der Waals surface area contributed by atoms with Crippen LogP contribution in [0.25, 0.3) is 0 Å². The average molecular weight is 306 g/mol. The van der Waals surface area contributed by atoms with Crippen LogP contribution in [0.2, 0.25) is 0 Å². The van der Waals surface area contributed by atoms with Crippen LogP contribution in [0.1, 0.15) is 12.5 Å². The molecule has 0 atom stereocenters. The summed E-state index contributed by atoms with van der Waals surface area (Å²) >= 11 is 0. The van der Waals surface area contributed by atoms with Crippen molar-refractivity contribution in [2.45, 2.75) is 18.7 Å². The zero-order valence-corrected chi connectivity index (χ0v) is 11.9. The molecule has 0 aliphatic heterocycles. The maximum Gasteiger partial charge on any atom is 0.306 e. The predicted octanol–water partition coefficient (Wildman–Crippen LogP) is 1.05. The van der Waals surface area contributed by atoms with Crippen molar-refractivity contribution in [2.24, 2.45) is 0 Å². The van der Waals surface area contributed by atoms with E-state index in [2.05, 4.69) is 0 Å². The molecule has 0 amide bonds. The highest BCUT2D eigenvalue weighted by atomic mass is 32.2. The first-order chi connectivity index (χ1) is 9.25. The molecule has 20 heavy (non-hydrogen) atoms. The standard InChI is InChI=1S/C11H15FN2O5S/c1-3-13(4-5-15)20(18,19)11-7-10(14(16)17)9(12)6-8(11)2/h6-7,15H,3-5H2,1-2H3.